The van der Waals surface area contributed by atoms with Gasteiger partial charge in [0.15, 0.2) is 5.82 Å². The maximum absolute atomic E-state index is 12.1. The van der Waals surface area contributed by atoms with Gasteiger partial charge in [-0.15, -0.1) is 10.2 Å². The molecule has 1 aromatic heterocycles. The zero-order chi connectivity index (χ0) is 16.3. The molecule has 1 amide bonds. The molecule has 0 spiro atoms. The average Bonchev–Trinajstić information content (AvgIpc) is 2.80. The van der Waals surface area contributed by atoms with E-state index in [4.69, 9.17) is 5.84 Å². The lowest BCUT2D eigenvalue weighted by Crippen LogP contribution is -2.41. The quantitative estimate of drug-likeness (QED) is 0.654. The van der Waals surface area contributed by atoms with Gasteiger partial charge in [0.1, 0.15) is 0 Å². The number of hydrogen-bond acceptors (Lipinski definition) is 5. The standard InChI is InChI=1S/C15H27N5OS/c1-10-7-5-6-8-11(10)17-12(21)9-22-14-19-18-13(20(14)16)15(2,3)4/h10-11H,5-9,16H2,1-4H3,(H,17,21). The average molecular weight is 325 g/mol. The second-order valence-electron chi connectivity index (χ2n) is 7.15. The first kappa shape index (κ1) is 17.1. The highest BCUT2D eigenvalue weighted by Gasteiger charge is 2.25. The Bertz CT molecular complexity index is 522. The van der Waals surface area contributed by atoms with Crippen LogP contribution in [0.15, 0.2) is 5.16 Å². The molecule has 2 atom stereocenters. The summed E-state index contributed by atoms with van der Waals surface area (Å²) in [6.45, 7) is 8.31. The van der Waals surface area contributed by atoms with E-state index in [0.29, 0.717) is 22.9 Å². The van der Waals surface area contributed by atoms with Crippen molar-refractivity contribution in [3.05, 3.63) is 5.82 Å². The van der Waals surface area contributed by atoms with Crippen LogP contribution in [0.25, 0.3) is 0 Å². The highest BCUT2D eigenvalue weighted by atomic mass is 32.2. The summed E-state index contributed by atoms with van der Waals surface area (Å²) in [5.41, 5.74) is -0.166. The van der Waals surface area contributed by atoms with Crippen molar-refractivity contribution in [3.63, 3.8) is 0 Å². The highest BCUT2D eigenvalue weighted by Crippen LogP contribution is 2.25. The fraction of sp³-hybridized carbons (Fsp3) is 0.800. The van der Waals surface area contributed by atoms with E-state index in [1.807, 2.05) is 20.8 Å². The van der Waals surface area contributed by atoms with Gasteiger partial charge in [0.25, 0.3) is 0 Å². The minimum atomic E-state index is -0.166. The van der Waals surface area contributed by atoms with Crippen LogP contribution in [0.1, 0.15) is 59.2 Å². The fourth-order valence-corrected chi connectivity index (χ4v) is 3.46. The molecule has 2 unspecified atom stereocenters. The Morgan fingerprint density at radius 2 is 2.05 bits per heavy atom. The predicted molar refractivity (Wildman–Crippen MR) is 89.2 cm³/mol. The van der Waals surface area contributed by atoms with Gasteiger partial charge in [-0.05, 0) is 18.8 Å². The monoisotopic (exact) mass is 325 g/mol. The second kappa shape index (κ2) is 6.89. The number of amides is 1. The predicted octanol–water partition coefficient (Wildman–Crippen LogP) is 2.08. The van der Waals surface area contributed by atoms with Crippen molar-refractivity contribution in [2.45, 2.75) is 70.0 Å². The smallest absolute Gasteiger partial charge is 0.230 e. The van der Waals surface area contributed by atoms with Crippen LogP contribution >= 0.6 is 11.8 Å². The lowest BCUT2D eigenvalue weighted by atomic mass is 9.86. The number of nitrogens with zero attached hydrogens (tertiary/aromatic N) is 3. The molecule has 2 rings (SSSR count). The van der Waals surface area contributed by atoms with Crippen molar-refractivity contribution in [2.75, 3.05) is 11.6 Å². The van der Waals surface area contributed by atoms with Crippen LogP contribution in [-0.4, -0.2) is 32.6 Å². The molecule has 1 aliphatic carbocycles. The Morgan fingerprint density at radius 3 is 2.64 bits per heavy atom. The van der Waals surface area contributed by atoms with Crippen LogP contribution in [0.2, 0.25) is 0 Å². The van der Waals surface area contributed by atoms with Crippen LogP contribution in [0.3, 0.4) is 0 Å². The molecule has 1 aromatic rings. The number of nitrogens with two attached hydrogens (primary N) is 1. The van der Waals surface area contributed by atoms with Crippen molar-refractivity contribution in [3.8, 4) is 0 Å². The summed E-state index contributed by atoms with van der Waals surface area (Å²) in [7, 11) is 0. The molecule has 1 heterocycles. The number of carbonyl (C=O) groups excluding carboxylic acids is 1. The molecule has 0 aliphatic heterocycles. The molecule has 1 saturated carbocycles. The second-order valence-corrected chi connectivity index (χ2v) is 8.09. The summed E-state index contributed by atoms with van der Waals surface area (Å²) in [6.07, 6.45) is 4.76. The van der Waals surface area contributed by atoms with Crippen molar-refractivity contribution in [1.29, 1.82) is 0 Å². The zero-order valence-corrected chi connectivity index (χ0v) is 14.7. The summed E-state index contributed by atoms with van der Waals surface area (Å²) in [5.74, 6) is 7.67. The van der Waals surface area contributed by atoms with E-state index >= 15 is 0 Å². The van der Waals surface area contributed by atoms with E-state index in [9.17, 15) is 4.79 Å². The summed E-state index contributed by atoms with van der Waals surface area (Å²) in [6, 6.07) is 0.308. The van der Waals surface area contributed by atoms with Crippen molar-refractivity contribution < 1.29 is 4.79 Å². The normalized spacial score (nSPS) is 22.5. The van der Waals surface area contributed by atoms with Crippen LogP contribution in [0.5, 0.6) is 0 Å². The Hall–Kier alpha value is -1.24. The number of nitrogen functional groups attached to an aromatic ring is 1. The van der Waals surface area contributed by atoms with Gasteiger partial charge in [-0.2, -0.15) is 0 Å². The molecule has 22 heavy (non-hydrogen) atoms. The summed E-state index contributed by atoms with van der Waals surface area (Å²) < 4.78 is 1.49. The van der Waals surface area contributed by atoms with Crippen molar-refractivity contribution in [2.24, 2.45) is 5.92 Å². The topological polar surface area (TPSA) is 85.8 Å². The first-order valence-corrected chi connectivity index (χ1v) is 8.90. The van der Waals surface area contributed by atoms with Gasteiger partial charge in [0, 0.05) is 11.5 Å². The maximum Gasteiger partial charge on any atom is 0.230 e. The van der Waals surface area contributed by atoms with Crippen LogP contribution < -0.4 is 11.2 Å². The van der Waals surface area contributed by atoms with Gasteiger partial charge in [-0.1, -0.05) is 52.3 Å². The minimum Gasteiger partial charge on any atom is -0.352 e. The molecule has 3 N–H and O–H groups in total. The molecule has 7 heteroatoms. The summed E-state index contributed by atoms with van der Waals surface area (Å²) in [5, 5.41) is 11.9. The van der Waals surface area contributed by atoms with Crippen LogP contribution in [0, 0.1) is 5.92 Å². The minimum absolute atomic E-state index is 0.0454. The largest absolute Gasteiger partial charge is 0.352 e. The Morgan fingerprint density at radius 1 is 1.36 bits per heavy atom. The van der Waals surface area contributed by atoms with Crippen molar-refractivity contribution in [1.82, 2.24) is 20.2 Å². The van der Waals surface area contributed by atoms with E-state index in [1.54, 1.807) is 0 Å². The SMILES string of the molecule is CC1CCCCC1NC(=O)CSc1nnc(C(C)(C)C)n1N. The summed E-state index contributed by atoms with van der Waals surface area (Å²) in [4.78, 5) is 12.1. The molecule has 0 aromatic carbocycles. The van der Waals surface area contributed by atoms with E-state index in [0.717, 1.165) is 12.2 Å². The Balaban J connectivity index is 1.87. The number of carbonyl (C=O) groups is 1. The Labute approximate surface area is 136 Å². The maximum atomic E-state index is 12.1. The fourth-order valence-electron chi connectivity index (χ4n) is 2.80. The van der Waals surface area contributed by atoms with E-state index in [2.05, 4.69) is 22.4 Å². The third kappa shape index (κ3) is 4.15. The number of nitrogens with one attached hydrogen (secondary N) is 1. The zero-order valence-electron chi connectivity index (χ0n) is 13.9. The third-order valence-electron chi connectivity index (χ3n) is 4.13. The molecule has 1 fully saturated rings. The van der Waals surface area contributed by atoms with E-state index in [-0.39, 0.29) is 11.3 Å². The van der Waals surface area contributed by atoms with E-state index < -0.39 is 0 Å². The number of thioether (sulfide) groups is 1. The molecular weight excluding hydrogens is 298 g/mol. The summed E-state index contributed by atoms with van der Waals surface area (Å²) >= 11 is 1.33. The number of aromatic nitrogens is 3. The highest BCUT2D eigenvalue weighted by molar-refractivity contribution is 7.99. The van der Waals surface area contributed by atoms with Crippen molar-refractivity contribution >= 4 is 17.7 Å². The molecule has 6 nitrogen and oxygen atoms in total. The third-order valence-corrected chi connectivity index (χ3v) is 5.07. The molecule has 124 valence electrons. The lowest BCUT2D eigenvalue weighted by Gasteiger charge is -2.29. The molecule has 0 saturated heterocycles. The first-order valence-electron chi connectivity index (χ1n) is 7.92. The first-order chi connectivity index (χ1) is 10.3. The number of hydrogen-bond donors (Lipinski definition) is 2. The van der Waals surface area contributed by atoms with Gasteiger partial charge < -0.3 is 11.2 Å². The van der Waals surface area contributed by atoms with E-state index in [1.165, 1.54) is 35.7 Å². The molecule has 1 aliphatic rings. The van der Waals surface area contributed by atoms with Gasteiger partial charge in [0.05, 0.1) is 5.75 Å². The van der Waals surface area contributed by atoms with Gasteiger partial charge in [-0.25, -0.2) is 4.68 Å². The van der Waals surface area contributed by atoms with Gasteiger partial charge in [0.2, 0.25) is 11.1 Å². The van der Waals surface area contributed by atoms with Gasteiger partial charge in [-0.3, -0.25) is 4.79 Å². The number of rotatable bonds is 4. The molecular formula is C15H27N5OS. The lowest BCUT2D eigenvalue weighted by molar-refractivity contribution is -0.119. The Kier molecular flexibility index (Phi) is 5.36. The van der Waals surface area contributed by atoms with Gasteiger partial charge >= 0.3 is 0 Å². The van der Waals surface area contributed by atoms with Crippen LogP contribution in [-0.2, 0) is 10.2 Å². The molecule has 0 radical (unpaired) electrons. The molecule has 0 bridgehead atoms. The van der Waals surface area contributed by atoms with Crippen LogP contribution in [0.4, 0.5) is 0 Å².